The van der Waals surface area contributed by atoms with E-state index >= 15 is 0 Å². The fraction of sp³-hybridized carbons (Fsp3) is 0.571. The molecule has 0 unspecified atom stereocenters. The maximum Gasteiger partial charge on any atom is 0.272 e. The third-order valence-corrected chi connectivity index (χ3v) is 1.94. The molecule has 4 heteroatoms. The van der Waals surface area contributed by atoms with Crippen LogP contribution in [-0.2, 0) is 11.3 Å². The Kier molecular flexibility index (Phi) is 12.7. The van der Waals surface area contributed by atoms with E-state index < -0.39 is 0 Å². The summed E-state index contributed by atoms with van der Waals surface area (Å²) in [5.41, 5.74) is 1.67. The number of ether oxygens (including phenoxy) is 1. The summed E-state index contributed by atoms with van der Waals surface area (Å²) in [5, 5.41) is 10.6. The van der Waals surface area contributed by atoms with Crippen molar-refractivity contribution in [1.29, 1.82) is 0 Å². The molecule has 0 atom stereocenters. The van der Waals surface area contributed by atoms with Crippen molar-refractivity contribution in [2.45, 2.75) is 48.1 Å². The van der Waals surface area contributed by atoms with Gasteiger partial charge in [0.15, 0.2) is 0 Å². The molecule has 104 valence electrons. The summed E-state index contributed by atoms with van der Waals surface area (Å²) in [4.78, 5) is 10.2. The molecular weight excluding hydrogens is 230 g/mol. The Morgan fingerprint density at radius 3 is 2.22 bits per heavy atom. The van der Waals surface area contributed by atoms with Gasteiger partial charge in [-0.2, -0.15) is 0 Å². The first-order valence-corrected chi connectivity index (χ1v) is 6.46. The molecule has 1 rings (SSSR count). The van der Waals surface area contributed by atoms with Crippen LogP contribution in [0.25, 0.3) is 0 Å². The first-order chi connectivity index (χ1) is 8.65. The second-order valence-corrected chi connectivity index (χ2v) is 3.02. The average molecular weight is 255 g/mol. The Bertz CT molecular complexity index is 338. The van der Waals surface area contributed by atoms with E-state index in [4.69, 9.17) is 4.74 Å². The number of nitrogens with zero attached hydrogens (tertiary/aromatic N) is 1. The Labute approximate surface area is 110 Å². The van der Waals surface area contributed by atoms with Crippen LogP contribution in [0.1, 0.15) is 45.7 Å². The maximum absolute atomic E-state index is 10.6. The number of hydrogen-bond donors (Lipinski definition) is 0. The highest BCUT2D eigenvalue weighted by Gasteiger charge is 2.10. The van der Waals surface area contributed by atoms with E-state index in [1.807, 2.05) is 40.7 Å². The number of benzene rings is 1. The van der Waals surface area contributed by atoms with Gasteiger partial charge in [-0.1, -0.05) is 39.8 Å². The van der Waals surface area contributed by atoms with Gasteiger partial charge in [0.2, 0.25) is 0 Å². The lowest BCUT2D eigenvalue weighted by Crippen LogP contribution is -1.96. The lowest BCUT2D eigenvalue weighted by atomic mass is 10.1. The molecule has 4 nitrogen and oxygen atoms in total. The molecule has 0 saturated heterocycles. The third-order valence-electron chi connectivity index (χ3n) is 1.94. The molecule has 0 amide bonds. The molecule has 0 spiro atoms. The largest absolute Gasteiger partial charge is 0.377 e. The van der Waals surface area contributed by atoms with Gasteiger partial charge in [-0.05, 0) is 19.4 Å². The van der Waals surface area contributed by atoms with Crippen LogP contribution in [0.4, 0.5) is 5.69 Å². The minimum Gasteiger partial charge on any atom is -0.377 e. The minimum absolute atomic E-state index is 0.155. The summed E-state index contributed by atoms with van der Waals surface area (Å²) in [5.74, 6) is 0. The summed E-state index contributed by atoms with van der Waals surface area (Å²) in [6.45, 7) is 12.7. The standard InChI is InChI=1S/C10H13NO3.2C2H6/c1-3-14-7-9-5-4-8(2)10(6-9)11(12)13;2*1-2/h4-6H,3,7H2,1-2H3;2*1-2H3. The van der Waals surface area contributed by atoms with Crippen LogP contribution in [0.2, 0.25) is 0 Å². The van der Waals surface area contributed by atoms with Crippen molar-refractivity contribution in [3.8, 4) is 0 Å². The summed E-state index contributed by atoms with van der Waals surface area (Å²) in [6.07, 6.45) is 0. The van der Waals surface area contributed by atoms with Crippen molar-refractivity contribution in [2.75, 3.05) is 6.61 Å². The number of nitro groups is 1. The number of hydrogen-bond acceptors (Lipinski definition) is 3. The van der Waals surface area contributed by atoms with E-state index in [1.165, 1.54) is 0 Å². The lowest BCUT2D eigenvalue weighted by Gasteiger charge is -2.02. The van der Waals surface area contributed by atoms with E-state index in [1.54, 1.807) is 19.1 Å². The quantitative estimate of drug-likeness (QED) is 0.588. The molecule has 1 aromatic carbocycles. The van der Waals surface area contributed by atoms with Crippen LogP contribution >= 0.6 is 0 Å². The first kappa shape index (κ1) is 18.9. The predicted molar refractivity (Wildman–Crippen MR) is 75.9 cm³/mol. The SMILES string of the molecule is CC.CC.CCOCc1ccc(C)c([N+](=O)[O-])c1. The van der Waals surface area contributed by atoms with E-state index in [0.29, 0.717) is 18.8 Å². The van der Waals surface area contributed by atoms with Crippen molar-refractivity contribution in [3.05, 3.63) is 39.4 Å². The zero-order valence-corrected chi connectivity index (χ0v) is 12.3. The maximum atomic E-state index is 10.6. The third kappa shape index (κ3) is 7.01. The van der Waals surface area contributed by atoms with Crippen molar-refractivity contribution in [3.63, 3.8) is 0 Å². The van der Waals surface area contributed by atoms with Crippen molar-refractivity contribution in [2.24, 2.45) is 0 Å². The Hall–Kier alpha value is -1.42. The van der Waals surface area contributed by atoms with Gasteiger partial charge in [0, 0.05) is 18.2 Å². The van der Waals surface area contributed by atoms with Gasteiger partial charge >= 0.3 is 0 Å². The fourth-order valence-electron chi connectivity index (χ4n) is 1.16. The Balaban J connectivity index is 0. The molecule has 0 heterocycles. The highest BCUT2D eigenvalue weighted by Crippen LogP contribution is 2.19. The molecule has 0 aliphatic heterocycles. The topological polar surface area (TPSA) is 52.4 Å². The average Bonchev–Trinajstić information content (AvgIpc) is 2.42. The van der Waals surface area contributed by atoms with E-state index in [0.717, 1.165) is 5.56 Å². The van der Waals surface area contributed by atoms with E-state index in [9.17, 15) is 10.1 Å². The zero-order chi connectivity index (χ0) is 14.6. The van der Waals surface area contributed by atoms with E-state index in [2.05, 4.69) is 0 Å². The molecule has 0 saturated carbocycles. The molecule has 0 radical (unpaired) electrons. The summed E-state index contributed by atoms with van der Waals surface area (Å²) in [6, 6.07) is 5.15. The van der Waals surface area contributed by atoms with Crippen molar-refractivity contribution in [1.82, 2.24) is 0 Å². The molecule has 0 N–H and O–H groups in total. The van der Waals surface area contributed by atoms with Crippen LogP contribution in [0.5, 0.6) is 0 Å². The van der Waals surface area contributed by atoms with Crippen LogP contribution in [-0.4, -0.2) is 11.5 Å². The minimum atomic E-state index is -0.370. The Morgan fingerprint density at radius 1 is 1.22 bits per heavy atom. The van der Waals surface area contributed by atoms with Gasteiger partial charge in [0.05, 0.1) is 11.5 Å². The van der Waals surface area contributed by atoms with Crippen LogP contribution < -0.4 is 0 Å². The molecule has 0 aliphatic rings. The first-order valence-electron chi connectivity index (χ1n) is 6.46. The monoisotopic (exact) mass is 255 g/mol. The van der Waals surface area contributed by atoms with Gasteiger partial charge < -0.3 is 4.74 Å². The van der Waals surface area contributed by atoms with Gasteiger partial charge in [-0.3, -0.25) is 10.1 Å². The highest BCUT2D eigenvalue weighted by molar-refractivity contribution is 5.42. The smallest absolute Gasteiger partial charge is 0.272 e. The molecule has 0 fully saturated rings. The fourth-order valence-corrected chi connectivity index (χ4v) is 1.16. The molecule has 0 bridgehead atoms. The normalized spacial score (nSPS) is 8.56. The number of aryl methyl sites for hydroxylation is 1. The molecular formula is C14H25NO3. The zero-order valence-electron chi connectivity index (χ0n) is 12.3. The molecule has 18 heavy (non-hydrogen) atoms. The second kappa shape index (κ2) is 12.0. The summed E-state index contributed by atoms with van der Waals surface area (Å²) < 4.78 is 5.17. The second-order valence-electron chi connectivity index (χ2n) is 3.02. The summed E-state index contributed by atoms with van der Waals surface area (Å²) >= 11 is 0. The predicted octanol–water partition coefficient (Wildman–Crippen LogP) is 4.49. The van der Waals surface area contributed by atoms with Gasteiger partial charge in [0.25, 0.3) is 5.69 Å². The molecule has 1 aromatic rings. The van der Waals surface area contributed by atoms with Gasteiger partial charge in [0.1, 0.15) is 0 Å². The van der Waals surface area contributed by atoms with E-state index in [-0.39, 0.29) is 10.6 Å². The number of rotatable bonds is 4. The number of nitro benzene ring substituents is 1. The van der Waals surface area contributed by atoms with Crippen molar-refractivity contribution >= 4 is 5.69 Å². The Morgan fingerprint density at radius 2 is 1.78 bits per heavy atom. The summed E-state index contributed by atoms with van der Waals surface area (Å²) in [7, 11) is 0. The molecule has 0 aromatic heterocycles. The van der Waals surface area contributed by atoms with Gasteiger partial charge in [-0.15, -0.1) is 0 Å². The van der Waals surface area contributed by atoms with Crippen molar-refractivity contribution < 1.29 is 9.66 Å². The van der Waals surface area contributed by atoms with Crippen LogP contribution in [0.3, 0.4) is 0 Å². The van der Waals surface area contributed by atoms with Crippen LogP contribution in [0, 0.1) is 17.0 Å². The molecule has 0 aliphatic carbocycles. The highest BCUT2D eigenvalue weighted by atomic mass is 16.6. The lowest BCUT2D eigenvalue weighted by molar-refractivity contribution is -0.385. The van der Waals surface area contributed by atoms with Crippen LogP contribution in [0.15, 0.2) is 18.2 Å². The van der Waals surface area contributed by atoms with Gasteiger partial charge in [-0.25, -0.2) is 0 Å².